The summed E-state index contributed by atoms with van der Waals surface area (Å²) < 4.78 is 31.7. The minimum Gasteiger partial charge on any atom is -0.455 e. The van der Waals surface area contributed by atoms with Gasteiger partial charge in [-0.15, -0.1) is 0 Å². The Bertz CT molecular complexity index is 1040. The van der Waals surface area contributed by atoms with Crippen molar-refractivity contribution in [1.82, 2.24) is 4.98 Å². The van der Waals surface area contributed by atoms with E-state index in [-0.39, 0.29) is 5.69 Å². The number of anilines is 2. The van der Waals surface area contributed by atoms with Crippen LogP contribution in [0.1, 0.15) is 0 Å². The molecule has 0 aliphatic rings. The Morgan fingerprint density at radius 3 is 2.43 bits per heavy atom. The molecule has 0 saturated carbocycles. The van der Waals surface area contributed by atoms with Gasteiger partial charge < -0.3 is 10.1 Å². The minimum atomic E-state index is -3.74. The molecular formula is C20H19N3O4S. The Balaban J connectivity index is 1.87. The highest BCUT2D eigenvalue weighted by molar-refractivity contribution is 7.92. The smallest absolute Gasteiger partial charge is 0.245 e. The molecule has 2 aromatic carbocycles. The summed E-state index contributed by atoms with van der Waals surface area (Å²) in [7, 11) is -3.74. The molecule has 144 valence electrons. The third kappa shape index (κ3) is 5.08. The largest absolute Gasteiger partial charge is 0.455 e. The van der Waals surface area contributed by atoms with Crippen LogP contribution >= 0.6 is 0 Å². The predicted octanol–water partition coefficient (Wildman–Crippen LogP) is 3.28. The number of benzene rings is 2. The van der Waals surface area contributed by atoms with Crippen LogP contribution in [0.15, 0.2) is 79.1 Å². The average molecular weight is 397 g/mol. The van der Waals surface area contributed by atoms with Crippen molar-refractivity contribution in [3.05, 3.63) is 79.1 Å². The number of rotatable bonds is 7. The number of carbonyl (C=O) groups excluding carboxylic acids is 1. The molecule has 0 spiro atoms. The summed E-state index contributed by atoms with van der Waals surface area (Å²) in [5.74, 6) is 0.393. The van der Waals surface area contributed by atoms with Crippen LogP contribution in [0.4, 0.5) is 11.4 Å². The molecule has 7 nitrogen and oxygen atoms in total. The Hall–Kier alpha value is -3.39. The van der Waals surface area contributed by atoms with Crippen LogP contribution in [-0.4, -0.2) is 32.1 Å². The van der Waals surface area contributed by atoms with Crippen LogP contribution in [0, 0.1) is 0 Å². The number of carbonyl (C=O) groups is 1. The summed E-state index contributed by atoms with van der Waals surface area (Å²) in [5, 5.41) is 2.64. The van der Waals surface area contributed by atoms with Crippen molar-refractivity contribution in [2.24, 2.45) is 0 Å². The lowest BCUT2D eigenvalue weighted by atomic mass is 10.2. The lowest BCUT2D eigenvalue weighted by Gasteiger charge is -2.24. The molecule has 0 saturated heterocycles. The summed E-state index contributed by atoms with van der Waals surface area (Å²) >= 11 is 0. The number of amides is 1. The number of aromatic nitrogens is 1. The summed E-state index contributed by atoms with van der Waals surface area (Å²) in [5.41, 5.74) is 0.755. The van der Waals surface area contributed by atoms with Gasteiger partial charge in [-0.3, -0.25) is 14.1 Å². The van der Waals surface area contributed by atoms with Gasteiger partial charge in [-0.05, 0) is 36.4 Å². The quantitative estimate of drug-likeness (QED) is 0.661. The van der Waals surface area contributed by atoms with E-state index in [2.05, 4.69) is 10.3 Å². The molecule has 0 bridgehead atoms. The number of ether oxygens (including phenoxy) is 1. The van der Waals surface area contributed by atoms with Gasteiger partial charge in [0.05, 0.1) is 23.8 Å². The zero-order valence-corrected chi connectivity index (χ0v) is 16.0. The lowest BCUT2D eigenvalue weighted by Crippen LogP contribution is -2.37. The van der Waals surface area contributed by atoms with Gasteiger partial charge in [0.25, 0.3) is 0 Å². The molecule has 28 heavy (non-hydrogen) atoms. The second-order valence-corrected chi connectivity index (χ2v) is 7.85. The topological polar surface area (TPSA) is 88.6 Å². The van der Waals surface area contributed by atoms with Crippen molar-refractivity contribution in [3.8, 4) is 11.5 Å². The van der Waals surface area contributed by atoms with E-state index in [0.29, 0.717) is 17.2 Å². The van der Waals surface area contributed by atoms with Crippen LogP contribution in [0.25, 0.3) is 0 Å². The van der Waals surface area contributed by atoms with Gasteiger partial charge in [-0.1, -0.05) is 30.3 Å². The maximum Gasteiger partial charge on any atom is 0.245 e. The number of nitrogens with zero attached hydrogens (tertiary/aromatic N) is 2. The molecule has 0 unspecified atom stereocenters. The first-order chi connectivity index (χ1) is 13.4. The number of nitrogens with one attached hydrogen (secondary N) is 1. The van der Waals surface area contributed by atoms with E-state index < -0.39 is 22.5 Å². The van der Waals surface area contributed by atoms with E-state index in [4.69, 9.17) is 4.74 Å². The van der Waals surface area contributed by atoms with E-state index in [0.717, 1.165) is 10.6 Å². The first-order valence-electron chi connectivity index (χ1n) is 8.43. The van der Waals surface area contributed by atoms with Crippen LogP contribution in [0.3, 0.4) is 0 Å². The van der Waals surface area contributed by atoms with Gasteiger partial charge in [0.2, 0.25) is 15.9 Å². The van der Waals surface area contributed by atoms with Crippen LogP contribution in [-0.2, 0) is 14.8 Å². The zero-order valence-electron chi connectivity index (χ0n) is 15.1. The van der Waals surface area contributed by atoms with Gasteiger partial charge in [-0.2, -0.15) is 0 Å². The Morgan fingerprint density at radius 2 is 1.75 bits per heavy atom. The third-order valence-corrected chi connectivity index (χ3v) is 4.86. The number of hydrogen-bond donors (Lipinski definition) is 1. The number of pyridine rings is 1. The van der Waals surface area contributed by atoms with Crippen molar-refractivity contribution in [2.75, 3.05) is 22.4 Å². The molecule has 1 heterocycles. The van der Waals surface area contributed by atoms with E-state index >= 15 is 0 Å². The Kier molecular flexibility index (Phi) is 5.90. The van der Waals surface area contributed by atoms with Crippen molar-refractivity contribution >= 4 is 27.3 Å². The molecule has 1 amide bonds. The summed E-state index contributed by atoms with van der Waals surface area (Å²) in [4.78, 5) is 16.3. The van der Waals surface area contributed by atoms with Gasteiger partial charge >= 0.3 is 0 Å². The second kappa shape index (κ2) is 8.53. The maximum atomic E-state index is 12.4. The van der Waals surface area contributed by atoms with E-state index in [9.17, 15) is 13.2 Å². The summed E-state index contributed by atoms with van der Waals surface area (Å²) in [6.07, 6.45) is 4.11. The minimum absolute atomic E-state index is 0.273. The number of sulfonamides is 1. The van der Waals surface area contributed by atoms with Crippen molar-refractivity contribution < 1.29 is 17.9 Å². The van der Waals surface area contributed by atoms with E-state index in [1.807, 2.05) is 18.2 Å². The van der Waals surface area contributed by atoms with Crippen molar-refractivity contribution in [2.45, 2.75) is 0 Å². The van der Waals surface area contributed by atoms with Crippen molar-refractivity contribution in [3.63, 3.8) is 0 Å². The molecule has 0 fully saturated rings. The summed E-state index contributed by atoms with van der Waals surface area (Å²) in [6, 6.07) is 19.0. The maximum absolute atomic E-state index is 12.4. The third-order valence-electron chi connectivity index (χ3n) is 3.74. The summed E-state index contributed by atoms with van der Waals surface area (Å²) in [6.45, 7) is -0.400. The highest BCUT2D eigenvalue weighted by atomic mass is 32.2. The fourth-order valence-corrected chi connectivity index (χ4v) is 3.37. The van der Waals surface area contributed by atoms with E-state index in [1.54, 1.807) is 54.7 Å². The number of para-hydroxylation sites is 3. The Labute approximate surface area is 163 Å². The molecule has 0 atom stereocenters. The SMILES string of the molecule is CS(=O)(=O)N(CC(=O)Nc1cccnc1)c1ccccc1Oc1ccccc1. The predicted molar refractivity (Wildman–Crippen MR) is 108 cm³/mol. The lowest BCUT2D eigenvalue weighted by molar-refractivity contribution is -0.114. The molecular weight excluding hydrogens is 378 g/mol. The van der Waals surface area contributed by atoms with Crippen LogP contribution in [0.5, 0.6) is 11.5 Å². The van der Waals surface area contributed by atoms with Crippen molar-refractivity contribution in [1.29, 1.82) is 0 Å². The molecule has 0 aliphatic heterocycles. The Morgan fingerprint density at radius 1 is 1.04 bits per heavy atom. The molecule has 8 heteroatoms. The monoisotopic (exact) mass is 397 g/mol. The molecule has 1 N–H and O–H groups in total. The molecule has 0 radical (unpaired) electrons. The fraction of sp³-hybridized carbons (Fsp3) is 0.100. The van der Waals surface area contributed by atoms with Gasteiger partial charge in [0.1, 0.15) is 12.3 Å². The average Bonchev–Trinajstić information content (AvgIpc) is 2.68. The second-order valence-electron chi connectivity index (χ2n) is 5.94. The van der Waals surface area contributed by atoms with Gasteiger partial charge in [-0.25, -0.2) is 8.42 Å². The number of hydrogen-bond acceptors (Lipinski definition) is 5. The zero-order chi connectivity index (χ0) is 20.0. The van der Waals surface area contributed by atoms with Crippen LogP contribution < -0.4 is 14.4 Å². The standard InChI is InChI=1S/C20H19N3O4S/c1-28(25,26)23(15-20(24)22-16-8-7-13-21-14-16)18-11-5-6-12-19(18)27-17-9-3-2-4-10-17/h2-14H,15H2,1H3,(H,22,24). The van der Waals surface area contributed by atoms with Gasteiger partial charge in [0, 0.05) is 6.20 Å². The molecule has 1 aromatic heterocycles. The van der Waals surface area contributed by atoms with E-state index in [1.165, 1.54) is 6.20 Å². The molecule has 0 aliphatic carbocycles. The highest BCUT2D eigenvalue weighted by Crippen LogP contribution is 2.33. The van der Waals surface area contributed by atoms with Crippen LogP contribution in [0.2, 0.25) is 0 Å². The molecule has 3 rings (SSSR count). The highest BCUT2D eigenvalue weighted by Gasteiger charge is 2.24. The van der Waals surface area contributed by atoms with Gasteiger partial charge in [0.15, 0.2) is 5.75 Å². The molecule has 3 aromatic rings. The first-order valence-corrected chi connectivity index (χ1v) is 10.3. The first kappa shape index (κ1) is 19.4. The normalized spacial score (nSPS) is 10.9. The fourth-order valence-electron chi connectivity index (χ4n) is 2.51.